The van der Waals surface area contributed by atoms with Crippen molar-refractivity contribution in [1.29, 1.82) is 0 Å². The van der Waals surface area contributed by atoms with Crippen LogP contribution in [0.4, 0.5) is 26.5 Å². The molecule has 1 nitrogen and oxygen atoms in total. The number of allylic oxidation sites excluding steroid dienone is 6. The maximum atomic E-state index is 13.7. The van der Waals surface area contributed by atoms with E-state index in [0.29, 0.717) is 11.6 Å². The first kappa shape index (κ1) is 21.8. The largest absolute Gasteiger partial charge is 0.413 e. The van der Waals surface area contributed by atoms with E-state index < -0.39 is 23.3 Å². The van der Waals surface area contributed by atoms with E-state index in [2.05, 4.69) is 11.5 Å². The van der Waals surface area contributed by atoms with Crippen molar-refractivity contribution in [3.63, 3.8) is 0 Å². The molecule has 26 heavy (non-hydrogen) atoms. The van der Waals surface area contributed by atoms with E-state index in [1.807, 2.05) is 6.08 Å². The normalized spacial score (nSPS) is 15.3. The lowest BCUT2D eigenvalue weighted by Gasteiger charge is -2.16. The molecule has 1 aromatic rings. The highest BCUT2D eigenvalue weighted by Gasteiger charge is 2.35. The van der Waals surface area contributed by atoms with Crippen molar-refractivity contribution >= 4 is 5.57 Å². The summed E-state index contributed by atoms with van der Waals surface area (Å²) in [5.41, 5.74) is 0.283. The van der Waals surface area contributed by atoms with E-state index in [4.69, 9.17) is 0 Å². The lowest BCUT2D eigenvalue weighted by atomic mass is 9.93. The van der Waals surface area contributed by atoms with E-state index in [9.17, 15) is 26.5 Å². The third-order valence-electron chi connectivity index (χ3n) is 3.56. The molecule has 0 unspecified atom stereocenters. The minimum Gasteiger partial charge on any atom is -0.216 e. The van der Waals surface area contributed by atoms with E-state index >= 15 is 0 Å². The van der Waals surface area contributed by atoms with Crippen molar-refractivity contribution < 1.29 is 31.4 Å². The van der Waals surface area contributed by atoms with E-state index in [0.717, 1.165) is 55.6 Å². The second-order valence-electron chi connectivity index (χ2n) is 5.34. The molecule has 0 saturated heterocycles. The quantitative estimate of drug-likeness (QED) is 0.389. The van der Waals surface area contributed by atoms with Gasteiger partial charge in [0.1, 0.15) is 11.6 Å². The van der Waals surface area contributed by atoms with Gasteiger partial charge in [-0.05, 0) is 66.1 Å². The molecule has 0 amide bonds. The number of rotatable bonds is 5. The van der Waals surface area contributed by atoms with Crippen molar-refractivity contribution in [2.45, 2.75) is 31.8 Å². The molecule has 0 radical (unpaired) electrons. The van der Waals surface area contributed by atoms with Gasteiger partial charge in [-0.1, -0.05) is 18.7 Å². The Labute approximate surface area is 147 Å². The fourth-order valence-electron chi connectivity index (χ4n) is 2.28. The van der Waals surface area contributed by atoms with E-state index in [-0.39, 0.29) is 6.33 Å². The summed E-state index contributed by atoms with van der Waals surface area (Å²) in [4.78, 5) is 2.55. The Balaban J connectivity index is 0.000000359. The standard InChI is InChI=1S/C13H12F4O.C6H6F2/c14-12-8-10(13(15,16)18-17)6-7-11(12)9-4-2-1-3-5-9;1-2-6(8)4-3-5-7/h4,6-8H,1-3,5H2;2-5H,1H2/b;5-3-,6-4+. The van der Waals surface area contributed by atoms with Crippen LogP contribution in [-0.2, 0) is 11.1 Å². The molecule has 0 aliphatic heterocycles. The van der Waals surface area contributed by atoms with Crippen molar-refractivity contribution in [3.8, 4) is 0 Å². The molecule has 2 rings (SSSR count). The van der Waals surface area contributed by atoms with Crippen LogP contribution >= 0.6 is 0 Å². The third kappa shape index (κ3) is 6.55. The molecule has 7 heteroatoms. The molecule has 0 fully saturated rings. The smallest absolute Gasteiger partial charge is 0.216 e. The van der Waals surface area contributed by atoms with Gasteiger partial charge in [-0.15, -0.1) is 4.94 Å². The van der Waals surface area contributed by atoms with E-state index in [1.54, 1.807) is 0 Å². The summed E-state index contributed by atoms with van der Waals surface area (Å²) in [5.74, 6) is -1.32. The van der Waals surface area contributed by atoms with Crippen LogP contribution in [0.3, 0.4) is 0 Å². The number of alkyl halides is 2. The Bertz CT molecular complexity index is 691. The lowest BCUT2D eigenvalue weighted by Crippen LogP contribution is -2.14. The second-order valence-corrected chi connectivity index (χ2v) is 5.34. The number of halogens is 6. The van der Waals surface area contributed by atoms with Crippen LogP contribution in [0.2, 0.25) is 0 Å². The first-order valence-corrected chi connectivity index (χ1v) is 7.77. The summed E-state index contributed by atoms with van der Waals surface area (Å²) in [5, 5.41) is 0. The monoisotopic (exact) mass is 376 g/mol. The molecule has 0 bridgehead atoms. The summed E-state index contributed by atoms with van der Waals surface area (Å²) in [6.07, 6.45) is 4.58. The molecule has 0 saturated carbocycles. The van der Waals surface area contributed by atoms with Crippen molar-refractivity contribution in [2.75, 3.05) is 0 Å². The van der Waals surface area contributed by atoms with Gasteiger partial charge in [0, 0.05) is 5.56 Å². The number of hydrogen-bond donors (Lipinski definition) is 0. The van der Waals surface area contributed by atoms with Gasteiger partial charge in [-0.25, -0.2) is 13.2 Å². The molecule has 142 valence electrons. The number of benzene rings is 1. The van der Waals surface area contributed by atoms with Gasteiger partial charge in [0.2, 0.25) is 0 Å². The SMILES string of the molecule is C=C/C(F)=C\C=C/F.FOC(F)(F)c1ccc(C2=CCCCC2)c(F)c1. The Morgan fingerprint density at radius 1 is 1.23 bits per heavy atom. The van der Waals surface area contributed by atoms with Crippen LogP contribution in [0.5, 0.6) is 0 Å². The van der Waals surface area contributed by atoms with Gasteiger partial charge < -0.3 is 0 Å². The average molecular weight is 376 g/mol. The molecule has 0 atom stereocenters. The van der Waals surface area contributed by atoms with Crippen LogP contribution in [0.25, 0.3) is 5.57 Å². The third-order valence-corrected chi connectivity index (χ3v) is 3.56. The predicted molar refractivity (Wildman–Crippen MR) is 88.6 cm³/mol. The minimum absolute atomic E-state index is 0.253. The highest BCUT2D eigenvalue weighted by molar-refractivity contribution is 5.66. The van der Waals surface area contributed by atoms with Crippen molar-refractivity contribution in [1.82, 2.24) is 0 Å². The molecular weight excluding hydrogens is 358 g/mol. The summed E-state index contributed by atoms with van der Waals surface area (Å²) < 4.78 is 74.0. The van der Waals surface area contributed by atoms with Gasteiger partial charge >= 0.3 is 6.11 Å². The van der Waals surface area contributed by atoms with Gasteiger partial charge in [0.05, 0.1) is 11.9 Å². The highest BCUT2D eigenvalue weighted by Crippen LogP contribution is 2.34. The van der Waals surface area contributed by atoms with Crippen LogP contribution in [0, 0.1) is 5.82 Å². The Hall–Kier alpha value is -2.28. The second kappa shape index (κ2) is 10.7. The van der Waals surface area contributed by atoms with Crippen molar-refractivity contribution in [2.24, 2.45) is 0 Å². The van der Waals surface area contributed by atoms with Gasteiger partial charge in [-0.3, -0.25) is 0 Å². The van der Waals surface area contributed by atoms with Crippen LogP contribution < -0.4 is 0 Å². The number of hydrogen-bond acceptors (Lipinski definition) is 1. The lowest BCUT2D eigenvalue weighted by molar-refractivity contribution is -0.364. The molecular formula is C19H18F6O. The average Bonchev–Trinajstić information content (AvgIpc) is 2.67. The Morgan fingerprint density at radius 3 is 2.46 bits per heavy atom. The summed E-state index contributed by atoms with van der Waals surface area (Å²) in [6, 6.07) is 2.84. The first-order chi connectivity index (χ1) is 12.4. The highest BCUT2D eigenvalue weighted by atomic mass is 19.4. The zero-order valence-corrected chi connectivity index (χ0v) is 13.8. The maximum Gasteiger partial charge on any atom is 0.413 e. The molecule has 0 heterocycles. The van der Waals surface area contributed by atoms with E-state index in [1.165, 1.54) is 6.07 Å². The van der Waals surface area contributed by atoms with Crippen LogP contribution in [0.15, 0.2) is 61.2 Å². The van der Waals surface area contributed by atoms with Crippen molar-refractivity contribution in [3.05, 3.63) is 78.2 Å². The summed E-state index contributed by atoms with van der Waals surface area (Å²) >= 11 is 0. The zero-order valence-electron chi connectivity index (χ0n) is 13.8. The molecule has 1 aromatic carbocycles. The molecule has 1 aliphatic rings. The van der Waals surface area contributed by atoms with Gasteiger partial charge in [0.15, 0.2) is 0 Å². The predicted octanol–water partition coefficient (Wildman–Crippen LogP) is 7.24. The minimum atomic E-state index is -4.11. The molecule has 0 N–H and O–H groups in total. The fourth-order valence-corrected chi connectivity index (χ4v) is 2.28. The topological polar surface area (TPSA) is 9.23 Å². The van der Waals surface area contributed by atoms with Gasteiger partial charge in [-0.2, -0.15) is 8.78 Å². The maximum absolute atomic E-state index is 13.7. The van der Waals surface area contributed by atoms with Gasteiger partial charge in [0.25, 0.3) is 0 Å². The fraction of sp³-hybridized carbons (Fsp3) is 0.263. The summed E-state index contributed by atoms with van der Waals surface area (Å²) in [7, 11) is 0. The summed E-state index contributed by atoms with van der Waals surface area (Å²) in [6.45, 7) is 3.11. The zero-order chi connectivity index (χ0) is 19.6. The van der Waals surface area contributed by atoms with Crippen LogP contribution in [-0.4, -0.2) is 0 Å². The Kier molecular flexibility index (Phi) is 8.92. The van der Waals surface area contributed by atoms with Crippen LogP contribution in [0.1, 0.15) is 36.8 Å². The Morgan fingerprint density at radius 2 is 1.96 bits per heavy atom. The molecule has 0 spiro atoms. The molecule has 0 aromatic heterocycles. The first-order valence-electron chi connectivity index (χ1n) is 7.77. The molecule has 1 aliphatic carbocycles.